The number of carbonyl (C=O) groups is 1. The lowest BCUT2D eigenvalue weighted by atomic mass is 10.1. The smallest absolute Gasteiger partial charge is 0.311 e. The molecule has 0 radical (unpaired) electrons. The number of Topliss-reactive ketones (excluding diaryl/α,β-unsaturated/α-hetero) is 1. The van der Waals surface area contributed by atoms with Crippen LogP contribution in [0.15, 0.2) is 17.2 Å². The molecule has 1 aromatic heterocycles. The number of aryl methyl sites for hydroxylation is 1. The number of ether oxygens (including phenoxy) is 2. The van der Waals surface area contributed by atoms with Gasteiger partial charge in [-0.25, -0.2) is 4.98 Å². The van der Waals surface area contributed by atoms with Crippen LogP contribution in [0.3, 0.4) is 0 Å². The van der Waals surface area contributed by atoms with Gasteiger partial charge in [0.2, 0.25) is 10.9 Å². The van der Waals surface area contributed by atoms with Crippen molar-refractivity contribution in [3.8, 4) is 11.5 Å². The lowest BCUT2D eigenvalue weighted by Crippen LogP contribution is -2.03. The second-order valence-electron chi connectivity index (χ2n) is 5.34. The van der Waals surface area contributed by atoms with E-state index >= 15 is 0 Å². The first-order valence-corrected chi connectivity index (χ1v) is 9.04. The van der Waals surface area contributed by atoms with Crippen LogP contribution < -0.4 is 14.9 Å². The molecular weight excluding hydrogens is 372 g/mol. The van der Waals surface area contributed by atoms with Crippen LogP contribution in [0.25, 0.3) is 0 Å². The topological polar surface area (TPSA) is 116 Å². The van der Waals surface area contributed by atoms with Crippen molar-refractivity contribution >= 4 is 34.2 Å². The highest BCUT2D eigenvalue weighted by atomic mass is 32.1. The number of anilines is 1. The number of thiazole rings is 1. The van der Waals surface area contributed by atoms with Gasteiger partial charge in [0.15, 0.2) is 5.78 Å². The van der Waals surface area contributed by atoms with Crippen LogP contribution in [0.2, 0.25) is 0 Å². The molecule has 10 heteroatoms. The van der Waals surface area contributed by atoms with Gasteiger partial charge in [-0.05, 0) is 20.8 Å². The van der Waals surface area contributed by atoms with Gasteiger partial charge in [-0.2, -0.15) is 5.10 Å². The minimum atomic E-state index is -0.519. The van der Waals surface area contributed by atoms with Crippen LogP contribution in [-0.2, 0) is 0 Å². The Morgan fingerprint density at radius 1 is 1.33 bits per heavy atom. The summed E-state index contributed by atoms with van der Waals surface area (Å²) in [6.07, 6.45) is 1.40. The first-order chi connectivity index (χ1) is 12.9. The summed E-state index contributed by atoms with van der Waals surface area (Å²) < 4.78 is 10.9. The van der Waals surface area contributed by atoms with Crippen molar-refractivity contribution < 1.29 is 19.2 Å². The molecular formula is C17H20N4O5S. The van der Waals surface area contributed by atoms with E-state index in [2.05, 4.69) is 15.5 Å². The molecule has 144 valence electrons. The first kappa shape index (κ1) is 20.3. The van der Waals surface area contributed by atoms with E-state index in [9.17, 15) is 14.9 Å². The number of aromatic nitrogens is 1. The first-order valence-electron chi connectivity index (χ1n) is 8.22. The Balaban J connectivity index is 2.31. The van der Waals surface area contributed by atoms with E-state index in [-0.39, 0.29) is 17.2 Å². The average Bonchev–Trinajstić information content (AvgIpc) is 2.97. The van der Waals surface area contributed by atoms with Crippen LogP contribution in [0.5, 0.6) is 11.5 Å². The maximum absolute atomic E-state index is 11.5. The Hall–Kier alpha value is -3.01. The fourth-order valence-electron chi connectivity index (χ4n) is 2.29. The molecule has 0 aliphatic carbocycles. The van der Waals surface area contributed by atoms with Crippen LogP contribution in [0.1, 0.15) is 41.7 Å². The molecule has 2 rings (SSSR count). The van der Waals surface area contributed by atoms with Gasteiger partial charge in [0.25, 0.3) is 0 Å². The predicted molar refractivity (Wildman–Crippen MR) is 104 cm³/mol. The number of carbonyl (C=O) groups excluding carboxylic acids is 1. The zero-order valence-corrected chi connectivity index (χ0v) is 16.3. The summed E-state index contributed by atoms with van der Waals surface area (Å²) in [5.41, 5.74) is 3.60. The number of nitro groups is 1. The van der Waals surface area contributed by atoms with Crippen LogP contribution >= 0.6 is 11.3 Å². The highest BCUT2D eigenvalue weighted by Gasteiger charge is 2.19. The molecule has 1 heterocycles. The summed E-state index contributed by atoms with van der Waals surface area (Å²) in [6.45, 7) is 7.44. The normalized spacial score (nSPS) is 10.8. The molecule has 0 unspecified atom stereocenters. The molecule has 0 saturated carbocycles. The van der Waals surface area contributed by atoms with Crippen LogP contribution in [-0.4, -0.2) is 35.1 Å². The number of benzene rings is 1. The third kappa shape index (κ3) is 5.00. The van der Waals surface area contributed by atoms with Crippen LogP contribution in [0.4, 0.5) is 10.8 Å². The van der Waals surface area contributed by atoms with Crippen molar-refractivity contribution in [1.82, 2.24) is 4.98 Å². The van der Waals surface area contributed by atoms with Crippen LogP contribution in [0, 0.1) is 17.0 Å². The number of rotatable bonds is 9. The van der Waals surface area contributed by atoms with Gasteiger partial charge in [0, 0.05) is 24.6 Å². The molecule has 1 aromatic carbocycles. The Kier molecular flexibility index (Phi) is 6.83. The van der Waals surface area contributed by atoms with Gasteiger partial charge >= 0.3 is 5.69 Å². The fourth-order valence-corrected chi connectivity index (χ4v) is 3.10. The van der Waals surface area contributed by atoms with E-state index in [1.165, 1.54) is 36.6 Å². The van der Waals surface area contributed by atoms with Crippen molar-refractivity contribution in [2.75, 3.05) is 18.6 Å². The second kappa shape index (κ2) is 9.08. The maximum atomic E-state index is 11.5. The van der Waals surface area contributed by atoms with Gasteiger partial charge in [-0.15, -0.1) is 0 Å². The Morgan fingerprint density at radius 2 is 2.00 bits per heavy atom. The molecule has 0 aliphatic rings. The zero-order chi connectivity index (χ0) is 20.0. The predicted octanol–water partition coefficient (Wildman–Crippen LogP) is 3.81. The molecule has 0 amide bonds. The number of ketones is 1. The Morgan fingerprint density at radius 3 is 2.56 bits per heavy atom. The third-order valence-corrected chi connectivity index (χ3v) is 4.53. The Bertz CT molecular complexity index is 878. The molecule has 2 aromatic rings. The van der Waals surface area contributed by atoms with E-state index in [0.29, 0.717) is 40.2 Å². The molecule has 0 aliphatic heterocycles. The van der Waals surface area contributed by atoms with Crippen molar-refractivity contribution in [2.45, 2.75) is 27.7 Å². The van der Waals surface area contributed by atoms with Crippen molar-refractivity contribution in [2.24, 2.45) is 5.10 Å². The molecule has 0 fully saturated rings. The minimum absolute atomic E-state index is 0.0669. The van der Waals surface area contributed by atoms with Gasteiger partial charge < -0.3 is 9.47 Å². The number of nitrogens with one attached hydrogen (secondary N) is 1. The van der Waals surface area contributed by atoms with E-state index in [0.717, 1.165) is 0 Å². The number of nitro benzene ring substituents is 1. The quantitative estimate of drug-likeness (QED) is 0.298. The SMILES string of the molecule is CCOc1cc(OCC)c([N+](=O)[O-])cc1/C=N\Nc1nc(C)c(C(C)=O)s1. The van der Waals surface area contributed by atoms with Crippen molar-refractivity contribution in [3.05, 3.63) is 38.4 Å². The van der Waals surface area contributed by atoms with Gasteiger partial charge in [0.05, 0.1) is 34.9 Å². The van der Waals surface area contributed by atoms with E-state index in [4.69, 9.17) is 9.47 Å². The molecule has 1 N–H and O–H groups in total. The van der Waals surface area contributed by atoms with E-state index < -0.39 is 4.92 Å². The second-order valence-corrected chi connectivity index (χ2v) is 6.34. The van der Waals surface area contributed by atoms with Gasteiger partial charge in [-0.3, -0.25) is 20.3 Å². The molecule has 0 atom stereocenters. The molecule has 0 spiro atoms. The van der Waals surface area contributed by atoms with Gasteiger partial charge in [0.1, 0.15) is 5.75 Å². The lowest BCUT2D eigenvalue weighted by molar-refractivity contribution is -0.385. The maximum Gasteiger partial charge on any atom is 0.311 e. The van der Waals surface area contributed by atoms with E-state index in [1.807, 2.05) is 6.92 Å². The molecule has 0 bridgehead atoms. The average molecular weight is 392 g/mol. The molecule has 27 heavy (non-hydrogen) atoms. The van der Waals surface area contributed by atoms with Crippen molar-refractivity contribution in [3.63, 3.8) is 0 Å². The molecule has 9 nitrogen and oxygen atoms in total. The number of hydrogen-bond donors (Lipinski definition) is 1. The summed E-state index contributed by atoms with van der Waals surface area (Å²) in [5, 5.41) is 15.8. The summed E-state index contributed by atoms with van der Waals surface area (Å²) >= 11 is 1.19. The summed E-state index contributed by atoms with van der Waals surface area (Å²) in [6, 6.07) is 2.82. The number of hydrazone groups is 1. The minimum Gasteiger partial charge on any atom is -0.493 e. The van der Waals surface area contributed by atoms with Gasteiger partial charge in [-0.1, -0.05) is 11.3 Å². The van der Waals surface area contributed by atoms with E-state index in [1.54, 1.807) is 13.8 Å². The molecule has 0 saturated heterocycles. The number of hydrogen-bond acceptors (Lipinski definition) is 9. The number of nitrogens with zero attached hydrogens (tertiary/aromatic N) is 3. The Labute approximate surface area is 160 Å². The monoisotopic (exact) mass is 392 g/mol. The standard InChI is InChI=1S/C17H20N4O5S/c1-5-25-14-8-15(26-6-2)13(21(23)24)7-12(14)9-18-20-17-19-10(3)16(27-17)11(4)22/h7-9H,5-6H2,1-4H3,(H,19,20)/b18-9-. The highest BCUT2D eigenvalue weighted by Crippen LogP contribution is 2.34. The summed E-state index contributed by atoms with van der Waals surface area (Å²) in [7, 11) is 0. The lowest BCUT2D eigenvalue weighted by Gasteiger charge is -2.10. The summed E-state index contributed by atoms with van der Waals surface area (Å²) in [5.74, 6) is 0.484. The summed E-state index contributed by atoms with van der Waals surface area (Å²) in [4.78, 5) is 27.0. The fraction of sp³-hybridized carbons (Fsp3) is 0.353. The highest BCUT2D eigenvalue weighted by molar-refractivity contribution is 7.17. The third-order valence-electron chi connectivity index (χ3n) is 3.37. The van der Waals surface area contributed by atoms with Crippen molar-refractivity contribution in [1.29, 1.82) is 0 Å². The zero-order valence-electron chi connectivity index (χ0n) is 15.4. The largest absolute Gasteiger partial charge is 0.493 e.